The second kappa shape index (κ2) is 7.46. The Bertz CT molecular complexity index is 385. The van der Waals surface area contributed by atoms with E-state index in [1.165, 1.54) is 7.11 Å². The summed E-state index contributed by atoms with van der Waals surface area (Å²) in [5.74, 6) is 0.542. The fraction of sp³-hybridized carbons (Fsp3) is 0.538. The molecule has 1 N–H and O–H groups in total. The highest BCUT2D eigenvalue weighted by atomic mass is 35.5. The molecule has 0 saturated carbocycles. The van der Waals surface area contributed by atoms with Crippen molar-refractivity contribution in [3.05, 3.63) is 22.7 Å². The van der Waals surface area contributed by atoms with Gasteiger partial charge in [-0.3, -0.25) is 4.90 Å². The van der Waals surface area contributed by atoms with Gasteiger partial charge in [-0.2, -0.15) is 0 Å². The highest BCUT2D eigenvalue weighted by molar-refractivity contribution is 6.30. The molecule has 5 heteroatoms. The van der Waals surface area contributed by atoms with Crippen molar-refractivity contribution in [3.63, 3.8) is 0 Å². The molecule has 0 amide bonds. The normalized spacial score (nSPS) is 10.9. The molecule has 4 nitrogen and oxygen atoms in total. The summed E-state index contributed by atoms with van der Waals surface area (Å²) in [6.07, 6.45) is 0. The maximum atomic E-state index is 9.99. The van der Waals surface area contributed by atoms with Crippen LogP contribution in [0.25, 0.3) is 0 Å². The number of phenols is 1. The number of likely N-dealkylation sites (N-methyl/N-ethyl adjacent to an activating group) is 1. The maximum Gasteiger partial charge on any atom is 0.162 e. The summed E-state index contributed by atoms with van der Waals surface area (Å²) in [4.78, 5) is 2.06. The van der Waals surface area contributed by atoms with E-state index in [4.69, 9.17) is 21.1 Å². The van der Waals surface area contributed by atoms with Gasteiger partial charge in [-0.05, 0) is 20.0 Å². The van der Waals surface area contributed by atoms with Crippen molar-refractivity contribution in [2.24, 2.45) is 0 Å². The van der Waals surface area contributed by atoms with E-state index in [0.717, 1.165) is 12.1 Å². The third-order valence-electron chi connectivity index (χ3n) is 2.60. The number of ether oxygens (including phenoxy) is 2. The molecule has 0 spiro atoms. The lowest BCUT2D eigenvalue weighted by Crippen LogP contribution is -2.22. The first-order valence-corrected chi connectivity index (χ1v) is 6.28. The third-order valence-corrected chi connectivity index (χ3v) is 2.82. The molecule has 0 saturated heterocycles. The first-order chi connectivity index (χ1) is 8.58. The smallest absolute Gasteiger partial charge is 0.162 e. The number of aromatic hydroxyl groups is 1. The highest BCUT2D eigenvalue weighted by Crippen LogP contribution is 2.33. The van der Waals surface area contributed by atoms with Gasteiger partial charge in [0.15, 0.2) is 11.5 Å². The zero-order chi connectivity index (χ0) is 13.5. The molecule has 0 aliphatic rings. The van der Waals surface area contributed by atoms with E-state index >= 15 is 0 Å². The molecule has 0 atom stereocenters. The summed E-state index contributed by atoms with van der Waals surface area (Å²) in [7, 11) is 3.47. The molecule has 0 fully saturated rings. The lowest BCUT2D eigenvalue weighted by molar-refractivity contribution is 0.120. The number of hydrogen-bond acceptors (Lipinski definition) is 4. The SMILES string of the molecule is CCOCCN(C)Cc1cc(Cl)cc(OC)c1O. The van der Waals surface area contributed by atoms with Crippen molar-refractivity contribution in [2.45, 2.75) is 13.5 Å². The van der Waals surface area contributed by atoms with E-state index in [0.29, 0.717) is 30.5 Å². The summed E-state index contributed by atoms with van der Waals surface area (Å²) < 4.78 is 10.4. The lowest BCUT2D eigenvalue weighted by atomic mass is 10.1. The van der Waals surface area contributed by atoms with E-state index in [1.54, 1.807) is 12.1 Å². The van der Waals surface area contributed by atoms with E-state index in [2.05, 4.69) is 4.90 Å². The highest BCUT2D eigenvalue weighted by Gasteiger charge is 2.11. The molecule has 0 aromatic heterocycles. The Morgan fingerprint density at radius 1 is 1.39 bits per heavy atom. The minimum absolute atomic E-state index is 0.144. The van der Waals surface area contributed by atoms with Crippen molar-refractivity contribution in [1.29, 1.82) is 0 Å². The molecule has 18 heavy (non-hydrogen) atoms. The number of methoxy groups -OCH3 is 1. The zero-order valence-corrected chi connectivity index (χ0v) is 11.8. The van der Waals surface area contributed by atoms with Gasteiger partial charge in [0.2, 0.25) is 0 Å². The Morgan fingerprint density at radius 3 is 2.72 bits per heavy atom. The molecule has 0 aliphatic carbocycles. The third kappa shape index (κ3) is 4.37. The standard InChI is InChI=1S/C13H20ClNO3/c1-4-18-6-5-15(2)9-10-7-11(14)8-12(17-3)13(10)16/h7-8,16H,4-6,9H2,1-3H3. The van der Waals surface area contributed by atoms with Crippen LogP contribution in [0.5, 0.6) is 11.5 Å². The van der Waals surface area contributed by atoms with Crippen LogP contribution < -0.4 is 4.74 Å². The molecule has 1 rings (SSSR count). The Labute approximate surface area is 113 Å². The number of phenolic OH excluding ortho intramolecular Hbond substituents is 1. The first kappa shape index (κ1) is 15.1. The first-order valence-electron chi connectivity index (χ1n) is 5.90. The van der Waals surface area contributed by atoms with Gasteiger partial charge in [-0.15, -0.1) is 0 Å². The second-order valence-corrected chi connectivity index (χ2v) is 4.49. The monoisotopic (exact) mass is 273 g/mol. The molecule has 0 bridgehead atoms. The minimum Gasteiger partial charge on any atom is -0.504 e. The van der Waals surface area contributed by atoms with Crippen LogP contribution in [0.2, 0.25) is 5.02 Å². The van der Waals surface area contributed by atoms with Crippen LogP contribution in [0.3, 0.4) is 0 Å². The van der Waals surface area contributed by atoms with Crippen LogP contribution in [0.15, 0.2) is 12.1 Å². The summed E-state index contributed by atoms with van der Waals surface area (Å²) in [6, 6.07) is 3.34. The van der Waals surface area contributed by atoms with Gasteiger partial charge in [0, 0.05) is 36.3 Å². The summed E-state index contributed by atoms with van der Waals surface area (Å²) in [5.41, 5.74) is 0.748. The molecule has 0 aliphatic heterocycles. The number of benzene rings is 1. The average Bonchev–Trinajstić information content (AvgIpc) is 2.33. The Morgan fingerprint density at radius 2 is 2.11 bits per heavy atom. The maximum absolute atomic E-state index is 9.99. The van der Waals surface area contributed by atoms with Crippen LogP contribution in [0.1, 0.15) is 12.5 Å². The molecular formula is C13H20ClNO3. The van der Waals surface area contributed by atoms with Crippen LogP contribution in [0, 0.1) is 0 Å². The van der Waals surface area contributed by atoms with Crippen molar-refractivity contribution in [1.82, 2.24) is 4.90 Å². The summed E-state index contributed by atoms with van der Waals surface area (Å²) >= 11 is 5.98. The predicted octanol–water partition coefficient (Wildman–Crippen LogP) is 2.52. The van der Waals surface area contributed by atoms with Crippen LogP contribution >= 0.6 is 11.6 Å². The van der Waals surface area contributed by atoms with Crippen molar-refractivity contribution < 1.29 is 14.6 Å². The van der Waals surface area contributed by atoms with Gasteiger partial charge < -0.3 is 14.6 Å². The molecule has 1 aromatic rings. The minimum atomic E-state index is 0.144. The van der Waals surface area contributed by atoms with Gasteiger partial charge in [0.25, 0.3) is 0 Å². The van der Waals surface area contributed by atoms with E-state index in [9.17, 15) is 5.11 Å². The quantitative estimate of drug-likeness (QED) is 0.775. The Balaban J connectivity index is 2.68. The molecule has 0 heterocycles. The van der Waals surface area contributed by atoms with Crippen LogP contribution in [-0.2, 0) is 11.3 Å². The van der Waals surface area contributed by atoms with Crippen LogP contribution in [0.4, 0.5) is 0 Å². The largest absolute Gasteiger partial charge is 0.504 e. The van der Waals surface area contributed by atoms with Gasteiger partial charge in [-0.1, -0.05) is 11.6 Å². The molecule has 0 radical (unpaired) electrons. The Kier molecular flexibility index (Phi) is 6.25. The predicted molar refractivity (Wildman–Crippen MR) is 72.5 cm³/mol. The summed E-state index contributed by atoms with van der Waals surface area (Å²) in [6.45, 7) is 4.74. The fourth-order valence-electron chi connectivity index (χ4n) is 1.64. The van der Waals surface area contributed by atoms with Crippen molar-refractivity contribution in [2.75, 3.05) is 33.9 Å². The topological polar surface area (TPSA) is 41.9 Å². The number of hydrogen-bond donors (Lipinski definition) is 1. The second-order valence-electron chi connectivity index (χ2n) is 4.05. The zero-order valence-electron chi connectivity index (χ0n) is 11.1. The van der Waals surface area contributed by atoms with Crippen LogP contribution in [-0.4, -0.2) is 43.9 Å². The van der Waals surface area contributed by atoms with E-state index < -0.39 is 0 Å². The summed E-state index contributed by atoms with van der Waals surface area (Å²) in [5, 5.41) is 10.5. The molecule has 102 valence electrons. The molecule has 0 unspecified atom stereocenters. The average molecular weight is 274 g/mol. The van der Waals surface area contributed by atoms with Gasteiger partial charge in [-0.25, -0.2) is 0 Å². The number of nitrogens with zero attached hydrogens (tertiary/aromatic N) is 1. The molecule has 1 aromatic carbocycles. The van der Waals surface area contributed by atoms with Crippen molar-refractivity contribution in [3.8, 4) is 11.5 Å². The fourth-order valence-corrected chi connectivity index (χ4v) is 1.87. The van der Waals surface area contributed by atoms with Crippen molar-refractivity contribution >= 4 is 11.6 Å². The van der Waals surface area contributed by atoms with Gasteiger partial charge in [0.05, 0.1) is 13.7 Å². The van der Waals surface area contributed by atoms with Gasteiger partial charge >= 0.3 is 0 Å². The molecular weight excluding hydrogens is 254 g/mol. The lowest BCUT2D eigenvalue weighted by Gasteiger charge is -2.18. The van der Waals surface area contributed by atoms with E-state index in [-0.39, 0.29) is 5.75 Å². The van der Waals surface area contributed by atoms with E-state index in [1.807, 2.05) is 14.0 Å². The van der Waals surface area contributed by atoms with Gasteiger partial charge in [0.1, 0.15) is 0 Å². The Hall–Kier alpha value is -0.970. The number of halogens is 1. The number of rotatable bonds is 7.